The van der Waals surface area contributed by atoms with Crippen molar-refractivity contribution in [3.63, 3.8) is 0 Å². The molecule has 0 spiro atoms. The van der Waals surface area contributed by atoms with Crippen molar-refractivity contribution in [1.82, 2.24) is 15.2 Å². The Kier molecular flexibility index (Phi) is 5.20. The second kappa shape index (κ2) is 7.53. The van der Waals surface area contributed by atoms with Gasteiger partial charge in [0.25, 0.3) is 0 Å². The van der Waals surface area contributed by atoms with Crippen LogP contribution >= 0.6 is 11.6 Å². The molecule has 2 heterocycles. The lowest BCUT2D eigenvalue weighted by molar-refractivity contribution is 0.183. The molecule has 2 aromatic rings. The number of likely N-dealkylation sites (tertiary alicyclic amines) is 1. The van der Waals surface area contributed by atoms with Crippen LogP contribution in [-0.2, 0) is 6.54 Å². The average molecular weight is 346 g/mol. The van der Waals surface area contributed by atoms with Crippen molar-refractivity contribution in [2.45, 2.75) is 26.0 Å². The number of urea groups is 1. The average Bonchev–Trinajstić information content (AvgIpc) is 3.03. The van der Waals surface area contributed by atoms with Crippen LogP contribution < -0.4 is 10.1 Å². The summed E-state index contributed by atoms with van der Waals surface area (Å²) < 4.78 is 5.87. The zero-order chi connectivity index (χ0) is 16.9. The highest BCUT2D eigenvalue weighted by Crippen LogP contribution is 2.17. The lowest BCUT2D eigenvalue weighted by Gasteiger charge is -2.18. The lowest BCUT2D eigenvalue weighted by atomic mass is 10.2. The fourth-order valence-corrected chi connectivity index (χ4v) is 2.78. The van der Waals surface area contributed by atoms with Crippen LogP contribution in [0, 0.1) is 6.92 Å². The minimum absolute atomic E-state index is 0.0134. The number of hydrogen-bond donors (Lipinski definition) is 1. The van der Waals surface area contributed by atoms with Crippen molar-refractivity contribution in [2.75, 3.05) is 13.1 Å². The third kappa shape index (κ3) is 4.38. The third-order valence-corrected chi connectivity index (χ3v) is 4.19. The zero-order valence-corrected chi connectivity index (χ0v) is 14.3. The van der Waals surface area contributed by atoms with Crippen LogP contribution in [0.3, 0.4) is 0 Å². The lowest BCUT2D eigenvalue weighted by Crippen LogP contribution is -2.39. The van der Waals surface area contributed by atoms with E-state index < -0.39 is 0 Å². The molecule has 0 saturated carbocycles. The summed E-state index contributed by atoms with van der Waals surface area (Å²) in [5.74, 6) is 0.614. The summed E-state index contributed by atoms with van der Waals surface area (Å²) in [6.07, 6.45) is 0.796. The van der Waals surface area contributed by atoms with E-state index >= 15 is 0 Å². The van der Waals surface area contributed by atoms with E-state index in [0.29, 0.717) is 30.5 Å². The van der Waals surface area contributed by atoms with Crippen LogP contribution in [0.25, 0.3) is 0 Å². The molecule has 5 nitrogen and oxygen atoms in total. The molecule has 1 fully saturated rings. The van der Waals surface area contributed by atoms with Gasteiger partial charge in [0.1, 0.15) is 6.10 Å². The van der Waals surface area contributed by atoms with Crippen LogP contribution in [0.2, 0.25) is 5.02 Å². The van der Waals surface area contributed by atoms with Crippen molar-refractivity contribution in [2.24, 2.45) is 0 Å². The highest BCUT2D eigenvalue weighted by atomic mass is 35.5. The first-order valence-electron chi connectivity index (χ1n) is 7.98. The monoisotopic (exact) mass is 345 g/mol. The number of carbonyl (C=O) groups is 1. The molecule has 126 valence electrons. The highest BCUT2D eigenvalue weighted by molar-refractivity contribution is 6.30. The summed E-state index contributed by atoms with van der Waals surface area (Å²) >= 11 is 5.86. The number of nitrogens with zero attached hydrogens (tertiary/aromatic N) is 2. The van der Waals surface area contributed by atoms with E-state index in [-0.39, 0.29) is 12.1 Å². The Morgan fingerprint density at radius 3 is 2.88 bits per heavy atom. The topological polar surface area (TPSA) is 54.5 Å². The van der Waals surface area contributed by atoms with E-state index in [0.717, 1.165) is 17.7 Å². The fraction of sp³-hybridized carbons (Fsp3) is 0.333. The number of nitrogens with one attached hydrogen (secondary N) is 1. The summed E-state index contributed by atoms with van der Waals surface area (Å²) in [5.41, 5.74) is 1.94. The quantitative estimate of drug-likeness (QED) is 0.924. The van der Waals surface area contributed by atoms with Gasteiger partial charge in [0.05, 0.1) is 6.54 Å². The highest BCUT2D eigenvalue weighted by Gasteiger charge is 2.27. The maximum Gasteiger partial charge on any atom is 0.317 e. The molecule has 1 aliphatic heterocycles. The number of amides is 2. The van der Waals surface area contributed by atoms with Crippen LogP contribution in [0.5, 0.6) is 5.88 Å². The SMILES string of the molecule is Cc1cccc(O[C@H]2CCN(C(=O)NCc3ccc(Cl)cc3)C2)n1. The van der Waals surface area contributed by atoms with Crippen LogP contribution in [0.15, 0.2) is 42.5 Å². The number of ether oxygens (including phenoxy) is 1. The number of hydrogen-bond acceptors (Lipinski definition) is 3. The first-order chi connectivity index (χ1) is 11.6. The molecule has 2 amide bonds. The van der Waals surface area contributed by atoms with Crippen molar-refractivity contribution in [3.05, 3.63) is 58.7 Å². The summed E-state index contributed by atoms with van der Waals surface area (Å²) in [4.78, 5) is 18.4. The molecular weight excluding hydrogens is 326 g/mol. The number of carbonyl (C=O) groups excluding carboxylic acids is 1. The van der Waals surface area contributed by atoms with Gasteiger partial charge in [-0.15, -0.1) is 0 Å². The van der Waals surface area contributed by atoms with Gasteiger partial charge < -0.3 is 15.0 Å². The second-order valence-electron chi connectivity index (χ2n) is 5.88. The van der Waals surface area contributed by atoms with E-state index in [9.17, 15) is 4.79 Å². The van der Waals surface area contributed by atoms with Crippen molar-refractivity contribution in [1.29, 1.82) is 0 Å². The Bertz CT molecular complexity index is 706. The van der Waals surface area contributed by atoms with Crippen molar-refractivity contribution < 1.29 is 9.53 Å². The molecule has 0 bridgehead atoms. The Balaban J connectivity index is 1.48. The van der Waals surface area contributed by atoms with E-state index in [2.05, 4.69) is 10.3 Å². The van der Waals surface area contributed by atoms with Gasteiger partial charge >= 0.3 is 6.03 Å². The number of aryl methyl sites for hydroxylation is 1. The number of benzene rings is 1. The van der Waals surface area contributed by atoms with Crippen LogP contribution in [-0.4, -0.2) is 35.1 Å². The zero-order valence-electron chi connectivity index (χ0n) is 13.5. The van der Waals surface area contributed by atoms with E-state index in [1.54, 1.807) is 4.90 Å². The van der Waals surface area contributed by atoms with Gasteiger partial charge in [-0.05, 0) is 30.7 Å². The third-order valence-electron chi connectivity index (χ3n) is 3.94. The molecule has 0 aliphatic carbocycles. The molecule has 1 N–H and O–H groups in total. The molecule has 1 aromatic heterocycles. The number of rotatable bonds is 4. The largest absolute Gasteiger partial charge is 0.472 e. The van der Waals surface area contributed by atoms with E-state index in [4.69, 9.17) is 16.3 Å². The maximum absolute atomic E-state index is 12.3. The minimum Gasteiger partial charge on any atom is -0.472 e. The van der Waals surface area contributed by atoms with Gasteiger partial charge in [-0.1, -0.05) is 29.8 Å². The number of halogens is 1. The molecule has 1 saturated heterocycles. The van der Waals surface area contributed by atoms with Crippen LogP contribution in [0.1, 0.15) is 17.7 Å². The van der Waals surface area contributed by atoms with Crippen molar-refractivity contribution >= 4 is 17.6 Å². The van der Waals surface area contributed by atoms with Crippen molar-refractivity contribution in [3.8, 4) is 5.88 Å². The summed E-state index contributed by atoms with van der Waals surface area (Å²) in [5, 5.41) is 3.62. The number of aromatic nitrogens is 1. The Labute approximate surface area is 146 Å². The van der Waals surface area contributed by atoms with E-state index in [1.165, 1.54) is 0 Å². The first kappa shape index (κ1) is 16.6. The second-order valence-corrected chi connectivity index (χ2v) is 6.31. The molecular formula is C18H20ClN3O2. The molecule has 0 radical (unpaired) electrons. The summed E-state index contributed by atoms with van der Waals surface area (Å²) in [6, 6.07) is 13.1. The molecule has 6 heteroatoms. The van der Waals surface area contributed by atoms with Crippen LogP contribution in [0.4, 0.5) is 4.79 Å². The Hall–Kier alpha value is -2.27. The van der Waals surface area contributed by atoms with Gasteiger partial charge in [0, 0.05) is 36.3 Å². The molecule has 1 aromatic carbocycles. The molecule has 1 atom stereocenters. The minimum atomic E-state index is -0.0757. The molecule has 3 rings (SSSR count). The number of pyridine rings is 1. The summed E-state index contributed by atoms with van der Waals surface area (Å²) in [7, 11) is 0. The van der Waals surface area contributed by atoms with E-state index in [1.807, 2.05) is 49.4 Å². The normalized spacial score (nSPS) is 16.9. The predicted octanol–water partition coefficient (Wildman–Crippen LogP) is 3.41. The smallest absolute Gasteiger partial charge is 0.317 e. The molecule has 24 heavy (non-hydrogen) atoms. The van der Waals surface area contributed by atoms with Gasteiger partial charge in [-0.2, -0.15) is 0 Å². The van der Waals surface area contributed by atoms with Gasteiger partial charge in [-0.3, -0.25) is 0 Å². The van der Waals surface area contributed by atoms with Gasteiger partial charge in [0.15, 0.2) is 0 Å². The first-order valence-corrected chi connectivity index (χ1v) is 8.35. The molecule has 0 unspecified atom stereocenters. The molecule has 1 aliphatic rings. The Morgan fingerprint density at radius 1 is 1.33 bits per heavy atom. The maximum atomic E-state index is 12.3. The fourth-order valence-electron chi connectivity index (χ4n) is 2.66. The predicted molar refractivity (Wildman–Crippen MR) is 93.3 cm³/mol. The van der Waals surface area contributed by atoms with Gasteiger partial charge in [0.2, 0.25) is 5.88 Å². The Morgan fingerprint density at radius 2 is 2.12 bits per heavy atom. The standard InChI is InChI=1S/C18H20ClN3O2/c1-13-3-2-4-17(21-13)24-16-9-10-22(12-16)18(23)20-11-14-5-7-15(19)8-6-14/h2-8,16H,9-12H2,1H3,(H,20,23)/t16-/m0/s1. The summed E-state index contributed by atoms with van der Waals surface area (Å²) in [6.45, 7) is 3.67. The van der Waals surface area contributed by atoms with Gasteiger partial charge in [-0.25, -0.2) is 9.78 Å².